The lowest BCUT2D eigenvalue weighted by Gasteiger charge is -2.39. The molecule has 0 amide bonds. The Morgan fingerprint density at radius 1 is 0.188 bits per heavy atom. The summed E-state index contributed by atoms with van der Waals surface area (Å²) < 4.78 is 6.83. The molecule has 3 nitrogen and oxygen atoms in total. The minimum Gasteiger partial charge on any atom is -0.457 e. The van der Waals surface area contributed by atoms with Gasteiger partial charge in [-0.05, 0) is 301 Å². The molecule has 24 aromatic rings. The second kappa shape index (κ2) is 35.0. The van der Waals surface area contributed by atoms with Crippen LogP contribution in [0.15, 0.2) is 528 Å². The lowest BCUT2D eigenvalue weighted by molar-refractivity contribution is 0.436. The number of hydrogen-bond acceptors (Lipinski definition) is 3. The first kappa shape index (κ1) is 88.4. The fraction of sp³-hybridized carbons (Fsp3) is 0.0685. The van der Waals surface area contributed by atoms with E-state index in [1.165, 1.54) is 171 Å². The highest BCUT2D eigenvalue weighted by molar-refractivity contribution is 6.13. The third-order valence-corrected chi connectivity index (χ3v) is 32.7. The van der Waals surface area contributed by atoms with Crippen LogP contribution in [0.4, 0.5) is 34.1 Å². The van der Waals surface area contributed by atoms with Crippen LogP contribution >= 0.6 is 0 Å². The Morgan fingerprint density at radius 2 is 0.544 bits per heavy atom. The molecule has 149 heavy (non-hydrogen) atoms. The molecule has 704 valence electrons. The average molecular weight is 1900 g/mol. The van der Waals surface area contributed by atoms with E-state index in [-0.39, 0.29) is 10.8 Å². The predicted octanol–water partition coefficient (Wildman–Crippen LogP) is 39.2. The van der Waals surface area contributed by atoms with E-state index in [1.54, 1.807) is 0 Å². The van der Waals surface area contributed by atoms with Gasteiger partial charge in [0.2, 0.25) is 0 Å². The maximum Gasteiger partial charge on any atom is 0.132 e. The Morgan fingerprint density at radius 3 is 1.10 bits per heavy atom. The van der Waals surface area contributed by atoms with E-state index in [0.717, 1.165) is 108 Å². The highest BCUT2D eigenvalue weighted by atomic mass is 16.5. The number of para-hydroxylation sites is 4. The lowest BCUT2D eigenvalue weighted by Crippen LogP contribution is -2.32. The van der Waals surface area contributed by atoms with Crippen molar-refractivity contribution in [1.29, 1.82) is 0 Å². The molecule has 0 bridgehead atoms. The quantitative estimate of drug-likeness (QED) is 0.0845. The molecular formula is C146H104N2O. The molecule has 2 spiro atoms. The molecule has 1 heterocycles. The Bertz CT molecular complexity index is 9520. The molecule has 4 aliphatic rings. The number of fused-ring (bicyclic) bond motifs is 25. The molecule has 0 aromatic heterocycles. The zero-order valence-corrected chi connectivity index (χ0v) is 83.7. The molecule has 0 N–H and O–H groups in total. The molecule has 0 fully saturated rings. The smallest absolute Gasteiger partial charge is 0.132 e. The Hall–Kier alpha value is -18.3. The highest BCUT2D eigenvalue weighted by Gasteiger charge is 2.54. The SMILES string of the molecule is CC(C)(C)c1ccc2c(c1)C1(c3ccccc3-c3cc(N(c4ccc(-c5ccc6c(ccc7ccccc76)c5)cc4)c4ccccc4-c4ccccc4-c4ccccc4-c4ccccc4)ccc31)c1cc(C(C)(C)Cc3cccc(-c4ccccc4-c4ccccc4-c4ccccc4N(c4ccc(-c5cccc6c5ccc5ccccc56)cc4)c4ccc5c(c4)-c4ccccc4C54c5ccccc5Oc5ccccc54)c3)ccc1-2. The Kier molecular flexibility index (Phi) is 20.8. The molecule has 1 unspecified atom stereocenters. The van der Waals surface area contributed by atoms with Crippen molar-refractivity contribution in [3.63, 3.8) is 0 Å². The van der Waals surface area contributed by atoms with Gasteiger partial charge in [-0.1, -0.05) is 484 Å². The normalized spacial score (nSPS) is 13.7. The maximum atomic E-state index is 6.83. The van der Waals surface area contributed by atoms with Crippen molar-refractivity contribution in [2.45, 2.75) is 62.7 Å². The van der Waals surface area contributed by atoms with E-state index < -0.39 is 10.8 Å². The van der Waals surface area contributed by atoms with Crippen LogP contribution < -0.4 is 14.5 Å². The first-order valence-corrected chi connectivity index (χ1v) is 52.3. The van der Waals surface area contributed by atoms with Gasteiger partial charge in [0.25, 0.3) is 0 Å². The van der Waals surface area contributed by atoms with Crippen LogP contribution in [-0.4, -0.2) is 0 Å². The summed E-state index contributed by atoms with van der Waals surface area (Å²) in [6, 6.07) is 199. The zero-order chi connectivity index (χ0) is 99.4. The summed E-state index contributed by atoms with van der Waals surface area (Å²) in [5, 5.41) is 9.97. The van der Waals surface area contributed by atoms with Gasteiger partial charge in [0.1, 0.15) is 11.5 Å². The number of nitrogens with zero attached hydrogens (tertiary/aromatic N) is 2. The first-order valence-electron chi connectivity index (χ1n) is 52.3. The highest BCUT2D eigenvalue weighted by Crippen LogP contribution is 2.67. The van der Waals surface area contributed by atoms with Crippen molar-refractivity contribution in [3.05, 3.63) is 589 Å². The third-order valence-electron chi connectivity index (χ3n) is 32.7. The van der Waals surface area contributed by atoms with Crippen molar-refractivity contribution in [3.8, 4) is 134 Å². The van der Waals surface area contributed by atoms with E-state index in [9.17, 15) is 0 Å². The summed E-state index contributed by atoms with van der Waals surface area (Å²) in [5.41, 5.74) is 44.5. The van der Waals surface area contributed by atoms with Gasteiger partial charge in [-0.15, -0.1) is 0 Å². The molecule has 1 aliphatic heterocycles. The van der Waals surface area contributed by atoms with Gasteiger partial charge in [-0.3, -0.25) is 0 Å². The van der Waals surface area contributed by atoms with Crippen LogP contribution in [0.5, 0.6) is 11.5 Å². The summed E-state index contributed by atoms with van der Waals surface area (Å²) in [5.74, 6) is 1.75. The number of hydrogen-bond donors (Lipinski definition) is 0. The van der Waals surface area contributed by atoms with Crippen molar-refractivity contribution in [2.75, 3.05) is 9.80 Å². The van der Waals surface area contributed by atoms with Gasteiger partial charge in [0, 0.05) is 45.0 Å². The monoisotopic (exact) mass is 1900 g/mol. The molecule has 28 rings (SSSR count). The molecule has 0 radical (unpaired) electrons. The molecule has 1 atom stereocenters. The molecular weight excluding hydrogens is 1800 g/mol. The number of ether oxygens (including phenoxy) is 1. The van der Waals surface area contributed by atoms with Crippen molar-refractivity contribution in [1.82, 2.24) is 0 Å². The first-order chi connectivity index (χ1) is 73.3. The topological polar surface area (TPSA) is 15.7 Å². The molecule has 24 aromatic carbocycles. The van der Waals surface area contributed by atoms with E-state index >= 15 is 0 Å². The molecule has 3 heteroatoms. The van der Waals surface area contributed by atoms with Crippen LogP contribution in [0.25, 0.3) is 165 Å². The van der Waals surface area contributed by atoms with E-state index in [0.29, 0.717) is 0 Å². The second-order valence-electron chi connectivity index (χ2n) is 42.4. The van der Waals surface area contributed by atoms with Gasteiger partial charge < -0.3 is 14.5 Å². The van der Waals surface area contributed by atoms with Crippen LogP contribution in [0.2, 0.25) is 0 Å². The number of anilines is 6. The largest absolute Gasteiger partial charge is 0.457 e. The van der Waals surface area contributed by atoms with Crippen molar-refractivity contribution < 1.29 is 4.74 Å². The van der Waals surface area contributed by atoms with Crippen LogP contribution in [-0.2, 0) is 28.1 Å². The molecule has 3 aliphatic carbocycles. The number of benzene rings is 24. The zero-order valence-electron chi connectivity index (χ0n) is 83.7. The minimum absolute atomic E-state index is 0.131. The van der Waals surface area contributed by atoms with Crippen LogP contribution in [0.1, 0.15) is 95.8 Å². The lowest BCUT2D eigenvalue weighted by atomic mass is 9.66. The minimum atomic E-state index is -0.672. The Balaban J connectivity index is 0.547. The van der Waals surface area contributed by atoms with Gasteiger partial charge >= 0.3 is 0 Å². The number of rotatable bonds is 17. The van der Waals surface area contributed by atoms with E-state index in [2.05, 4.69) is 572 Å². The average Bonchev–Trinajstić information content (AvgIpc) is 1.51. The standard InChI is InChI=1S/C146H104N2O/c1-143(2,3)103-73-83-125-126-84-74-104(90-138(126)146(137(125)89-103)132-58-26-22-52-124(132)130-92-108(80-86-134(130)146)147(105-75-67-95(68-76-105)100-72-81-114-102(88-100)66-65-97-38-9-11-41-109(97)114)139-61-29-23-53-127(139)120-49-19-17-47-118(120)115-45-15-13-43-110(115)96-36-7-6-8-37-96)144(4,5)93-94-35-33-40-101(87-94)113-44-14-16-46-116(113)119-48-18-20-50-121(119)128-54-24-30-62-140(128)148(106-77-69-99(70-78-106)112-55-34-56-117-111-42-12-10-39-98(111)71-82-122(112)117)107-79-85-133-129(91-107)123-51-21-25-57-131(123)145(133)135-59-27-31-63-141(135)149-142-64-32-28-60-136(142)145/h6-92H,93H2,1-5H3. The van der Waals surface area contributed by atoms with E-state index in [1.807, 2.05) is 0 Å². The predicted molar refractivity (Wildman–Crippen MR) is 625 cm³/mol. The van der Waals surface area contributed by atoms with Gasteiger partial charge in [-0.2, -0.15) is 0 Å². The summed E-state index contributed by atoms with van der Waals surface area (Å²) in [6.45, 7) is 12.0. The molecule has 0 saturated heterocycles. The maximum absolute atomic E-state index is 6.83. The third kappa shape index (κ3) is 14.2. The van der Waals surface area contributed by atoms with Crippen LogP contribution in [0, 0.1) is 0 Å². The Labute approximate surface area is 871 Å². The van der Waals surface area contributed by atoms with Gasteiger partial charge in [0.05, 0.1) is 22.2 Å². The van der Waals surface area contributed by atoms with E-state index in [4.69, 9.17) is 4.74 Å². The van der Waals surface area contributed by atoms with Crippen molar-refractivity contribution in [2.24, 2.45) is 0 Å². The fourth-order valence-corrected chi connectivity index (χ4v) is 25.8. The second-order valence-corrected chi connectivity index (χ2v) is 42.4. The molecule has 0 saturated carbocycles. The fourth-order valence-electron chi connectivity index (χ4n) is 25.8. The van der Waals surface area contributed by atoms with Crippen molar-refractivity contribution >= 4 is 77.2 Å². The van der Waals surface area contributed by atoms with Gasteiger partial charge in [0.15, 0.2) is 0 Å². The summed E-state index contributed by atoms with van der Waals surface area (Å²) in [7, 11) is 0. The summed E-state index contributed by atoms with van der Waals surface area (Å²) >= 11 is 0. The van der Waals surface area contributed by atoms with Crippen LogP contribution in [0.3, 0.4) is 0 Å². The summed E-state index contributed by atoms with van der Waals surface area (Å²) in [6.07, 6.45) is 0.790. The summed E-state index contributed by atoms with van der Waals surface area (Å²) in [4.78, 5) is 5.03. The van der Waals surface area contributed by atoms with Gasteiger partial charge in [-0.25, -0.2) is 0 Å².